The van der Waals surface area contributed by atoms with Gasteiger partial charge in [-0.3, -0.25) is 4.68 Å². The molecule has 1 N–H and O–H groups in total. The summed E-state index contributed by atoms with van der Waals surface area (Å²) in [5, 5.41) is 8.16. The van der Waals surface area contributed by atoms with Crippen LogP contribution in [0.5, 0.6) is 0 Å². The SMILES string of the molecule is CCNC(C)c1c(C)nn(Cc2ccc(F)c(Cl)c2)c1C. The van der Waals surface area contributed by atoms with E-state index in [-0.39, 0.29) is 11.1 Å². The van der Waals surface area contributed by atoms with Crippen molar-refractivity contribution in [2.45, 2.75) is 40.3 Å². The minimum Gasteiger partial charge on any atom is -0.310 e. The number of benzene rings is 1. The molecule has 1 heterocycles. The van der Waals surface area contributed by atoms with E-state index < -0.39 is 5.82 Å². The maximum absolute atomic E-state index is 13.2. The predicted octanol–water partition coefficient (Wildman–Crippen LogP) is 4.01. The van der Waals surface area contributed by atoms with Gasteiger partial charge in [-0.1, -0.05) is 24.6 Å². The monoisotopic (exact) mass is 309 g/mol. The van der Waals surface area contributed by atoms with Crippen LogP contribution in [0.4, 0.5) is 4.39 Å². The van der Waals surface area contributed by atoms with E-state index in [2.05, 4.69) is 31.2 Å². The van der Waals surface area contributed by atoms with Crippen LogP contribution in [0.25, 0.3) is 0 Å². The number of aromatic nitrogens is 2. The molecule has 0 saturated heterocycles. The van der Waals surface area contributed by atoms with E-state index in [1.54, 1.807) is 12.1 Å². The number of hydrogen-bond acceptors (Lipinski definition) is 2. The van der Waals surface area contributed by atoms with Gasteiger partial charge in [-0.05, 0) is 45.0 Å². The smallest absolute Gasteiger partial charge is 0.141 e. The summed E-state index contributed by atoms with van der Waals surface area (Å²) >= 11 is 5.83. The van der Waals surface area contributed by atoms with Crippen molar-refractivity contribution in [3.63, 3.8) is 0 Å². The Kier molecular flexibility index (Phi) is 5.01. The first-order chi connectivity index (χ1) is 9.93. The Balaban J connectivity index is 2.28. The molecule has 2 aromatic rings. The van der Waals surface area contributed by atoms with Crippen LogP contribution in [-0.2, 0) is 6.54 Å². The molecule has 0 bridgehead atoms. The van der Waals surface area contributed by atoms with Crippen LogP contribution >= 0.6 is 11.6 Å². The third-order valence-electron chi connectivity index (χ3n) is 3.70. The summed E-state index contributed by atoms with van der Waals surface area (Å²) in [7, 11) is 0. The molecule has 21 heavy (non-hydrogen) atoms. The zero-order valence-electron chi connectivity index (χ0n) is 12.9. The largest absolute Gasteiger partial charge is 0.310 e. The van der Waals surface area contributed by atoms with Gasteiger partial charge in [-0.25, -0.2) is 4.39 Å². The van der Waals surface area contributed by atoms with Crippen LogP contribution in [0.15, 0.2) is 18.2 Å². The zero-order valence-corrected chi connectivity index (χ0v) is 13.6. The molecule has 0 aliphatic rings. The lowest BCUT2D eigenvalue weighted by Crippen LogP contribution is -2.19. The highest BCUT2D eigenvalue weighted by molar-refractivity contribution is 6.30. The summed E-state index contributed by atoms with van der Waals surface area (Å²) in [4.78, 5) is 0. The summed E-state index contributed by atoms with van der Waals surface area (Å²) in [6, 6.07) is 5.05. The highest BCUT2D eigenvalue weighted by Gasteiger charge is 2.17. The second kappa shape index (κ2) is 6.58. The molecule has 0 amide bonds. The summed E-state index contributed by atoms with van der Waals surface area (Å²) < 4.78 is 15.2. The zero-order chi connectivity index (χ0) is 15.6. The van der Waals surface area contributed by atoms with Gasteiger partial charge in [0.05, 0.1) is 17.3 Å². The minimum absolute atomic E-state index is 0.148. The summed E-state index contributed by atoms with van der Waals surface area (Å²) in [6.45, 7) is 9.81. The van der Waals surface area contributed by atoms with Crippen molar-refractivity contribution in [1.82, 2.24) is 15.1 Å². The van der Waals surface area contributed by atoms with E-state index in [1.807, 2.05) is 11.6 Å². The van der Waals surface area contributed by atoms with Gasteiger partial charge >= 0.3 is 0 Å². The molecule has 5 heteroatoms. The molecule has 2 rings (SSSR count). The lowest BCUT2D eigenvalue weighted by Gasteiger charge is -2.13. The van der Waals surface area contributed by atoms with E-state index in [4.69, 9.17) is 11.6 Å². The van der Waals surface area contributed by atoms with Gasteiger partial charge < -0.3 is 5.32 Å². The third-order valence-corrected chi connectivity index (χ3v) is 3.99. The first kappa shape index (κ1) is 16.0. The molecule has 114 valence electrons. The van der Waals surface area contributed by atoms with E-state index >= 15 is 0 Å². The van der Waals surface area contributed by atoms with Crippen molar-refractivity contribution in [2.24, 2.45) is 0 Å². The van der Waals surface area contributed by atoms with Crippen LogP contribution in [0.2, 0.25) is 5.02 Å². The van der Waals surface area contributed by atoms with Crippen LogP contribution in [0.3, 0.4) is 0 Å². The molecular weight excluding hydrogens is 289 g/mol. The van der Waals surface area contributed by atoms with Gasteiger partial charge in [0.1, 0.15) is 5.82 Å². The summed E-state index contributed by atoms with van der Waals surface area (Å²) in [5.74, 6) is -0.393. The molecule has 0 spiro atoms. The first-order valence-electron chi connectivity index (χ1n) is 7.15. The first-order valence-corrected chi connectivity index (χ1v) is 7.53. The number of aryl methyl sites for hydroxylation is 1. The van der Waals surface area contributed by atoms with Crippen LogP contribution in [0, 0.1) is 19.7 Å². The molecule has 3 nitrogen and oxygen atoms in total. The van der Waals surface area contributed by atoms with Gasteiger partial charge in [-0.15, -0.1) is 0 Å². The highest BCUT2D eigenvalue weighted by Crippen LogP contribution is 2.23. The van der Waals surface area contributed by atoms with Gasteiger partial charge in [0.25, 0.3) is 0 Å². The normalized spacial score (nSPS) is 12.7. The maximum atomic E-state index is 13.2. The molecule has 0 aliphatic carbocycles. The Hall–Kier alpha value is -1.39. The van der Waals surface area contributed by atoms with Gasteiger partial charge in [0.2, 0.25) is 0 Å². The number of halogens is 2. The van der Waals surface area contributed by atoms with Gasteiger partial charge in [-0.2, -0.15) is 5.10 Å². The van der Waals surface area contributed by atoms with Crippen LogP contribution < -0.4 is 5.32 Å². The molecule has 0 radical (unpaired) electrons. The lowest BCUT2D eigenvalue weighted by atomic mass is 10.1. The Labute approximate surface area is 130 Å². The van der Waals surface area contributed by atoms with E-state index in [0.717, 1.165) is 23.5 Å². The van der Waals surface area contributed by atoms with Crippen molar-refractivity contribution >= 4 is 11.6 Å². The predicted molar refractivity (Wildman–Crippen MR) is 84.3 cm³/mol. The lowest BCUT2D eigenvalue weighted by molar-refractivity contribution is 0.589. The average molecular weight is 310 g/mol. The molecular formula is C16H21ClFN3. The third kappa shape index (κ3) is 3.44. The quantitative estimate of drug-likeness (QED) is 0.904. The van der Waals surface area contributed by atoms with Gasteiger partial charge in [0, 0.05) is 17.3 Å². The van der Waals surface area contributed by atoms with Crippen molar-refractivity contribution in [1.29, 1.82) is 0 Å². The van der Waals surface area contributed by atoms with Crippen LogP contribution in [-0.4, -0.2) is 16.3 Å². The molecule has 1 aromatic heterocycles. The standard InChI is InChI=1S/C16H21ClFN3/c1-5-19-10(2)16-11(3)20-21(12(16)4)9-13-6-7-15(18)14(17)8-13/h6-8,10,19H,5,9H2,1-4H3. The molecule has 1 unspecified atom stereocenters. The van der Waals surface area contributed by atoms with E-state index in [9.17, 15) is 4.39 Å². The fourth-order valence-electron chi connectivity index (χ4n) is 2.71. The second-order valence-electron chi connectivity index (χ2n) is 5.27. The van der Waals surface area contributed by atoms with E-state index in [0.29, 0.717) is 6.54 Å². The molecule has 0 saturated carbocycles. The molecule has 1 aromatic carbocycles. The second-order valence-corrected chi connectivity index (χ2v) is 5.68. The Morgan fingerprint density at radius 2 is 2.10 bits per heavy atom. The summed E-state index contributed by atoms with van der Waals surface area (Å²) in [6.07, 6.45) is 0. The molecule has 0 fully saturated rings. The number of nitrogens with zero attached hydrogens (tertiary/aromatic N) is 2. The van der Waals surface area contributed by atoms with Crippen molar-refractivity contribution in [3.05, 3.63) is 51.6 Å². The van der Waals surface area contributed by atoms with Crippen molar-refractivity contribution in [2.75, 3.05) is 6.54 Å². The number of rotatable bonds is 5. The summed E-state index contributed by atoms with van der Waals surface area (Å²) in [5.41, 5.74) is 4.32. The highest BCUT2D eigenvalue weighted by atomic mass is 35.5. The topological polar surface area (TPSA) is 29.9 Å². The Morgan fingerprint density at radius 1 is 1.38 bits per heavy atom. The maximum Gasteiger partial charge on any atom is 0.141 e. The molecule has 0 aliphatic heterocycles. The average Bonchev–Trinajstić information content (AvgIpc) is 2.69. The van der Waals surface area contributed by atoms with Gasteiger partial charge in [0.15, 0.2) is 0 Å². The number of hydrogen-bond donors (Lipinski definition) is 1. The fourth-order valence-corrected chi connectivity index (χ4v) is 2.91. The fraction of sp³-hybridized carbons (Fsp3) is 0.438. The van der Waals surface area contributed by atoms with Crippen LogP contribution in [0.1, 0.15) is 42.4 Å². The Morgan fingerprint density at radius 3 is 2.71 bits per heavy atom. The Bertz CT molecular complexity index is 637. The van der Waals surface area contributed by atoms with Crippen molar-refractivity contribution in [3.8, 4) is 0 Å². The van der Waals surface area contributed by atoms with E-state index in [1.165, 1.54) is 11.6 Å². The number of nitrogens with one attached hydrogen (secondary N) is 1. The van der Waals surface area contributed by atoms with Crippen molar-refractivity contribution < 1.29 is 4.39 Å². The minimum atomic E-state index is -0.393. The molecule has 1 atom stereocenters.